The van der Waals surface area contributed by atoms with Crippen LogP contribution in [0, 0.1) is 0 Å². The minimum atomic E-state index is -3.26. The van der Waals surface area contributed by atoms with Gasteiger partial charge >= 0.3 is 5.97 Å². The number of carboxylic acid groups (broad SMARTS) is 1. The van der Waals surface area contributed by atoms with Gasteiger partial charge in [-0.1, -0.05) is 6.92 Å². The van der Waals surface area contributed by atoms with Crippen molar-refractivity contribution in [1.29, 1.82) is 0 Å². The van der Waals surface area contributed by atoms with Gasteiger partial charge in [-0.3, -0.25) is 0 Å². The summed E-state index contributed by atoms with van der Waals surface area (Å²) in [6, 6.07) is 1.24. The minimum Gasteiger partial charge on any atom is -0.478 e. The molecule has 78 valence electrons. The van der Waals surface area contributed by atoms with Crippen molar-refractivity contribution in [1.82, 2.24) is 0 Å². The summed E-state index contributed by atoms with van der Waals surface area (Å²) in [7, 11) is -3.26. The van der Waals surface area contributed by atoms with Gasteiger partial charge in [0.05, 0.1) is 6.26 Å². The highest BCUT2D eigenvalue weighted by Gasteiger charge is 2.18. The second kappa shape index (κ2) is 3.83. The Morgan fingerprint density at radius 2 is 2.21 bits per heavy atom. The lowest BCUT2D eigenvalue weighted by molar-refractivity contribution is 0.0695. The van der Waals surface area contributed by atoms with E-state index in [0.717, 1.165) is 0 Å². The fourth-order valence-electron chi connectivity index (χ4n) is 0.945. The van der Waals surface area contributed by atoms with Crippen LogP contribution in [-0.4, -0.2) is 25.2 Å². The third-order valence-corrected chi connectivity index (χ3v) is 3.35. The Kier molecular flexibility index (Phi) is 2.95. The standard InChI is InChI=1S/C8H10O5S/c1-2-14(11,12)5-7-6(8(9)10)3-4-13-7/h3-4H,2,5H2,1H3,(H,9,10). The molecule has 0 saturated heterocycles. The molecule has 0 radical (unpaired) electrons. The zero-order valence-electron chi connectivity index (χ0n) is 7.56. The number of hydrogen-bond acceptors (Lipinski definition) is 4. The highest BCUT2D eigenvalue weighted by Crippen LogP contribution is 2.14. The van der Waals surface area contributed by atoms with E-state index in [4.69, 9.17) is 9.52 Å². The van der Waals surface area contributed by atoms with E-state index in [9.17, 15) is 13.2 Å². The first-order valence-electron chi connectivity index (χ1n) is 3.96. The molecule has 14 heavy (non-hydrogen) atoms. The van der Waals surface area contributed by atoms with Crippen LogP contribution in [0.2, 0.25) is 0 Å². The Labute approximate surface area is 81.3 Å². The van der Waals surface area contributed by atoms with Gasteiger partial charge in [-0.25, -0.2) is 13.2 Å². The Hall–Kier alpha value is -1.30. The molecule has 0 spiro atoms. The van der Waals surface area contributed by atoms with E-state index in [0.29, 0.717) is 0 Å². The van der Waals surface area contributed by atoms with Crippen molar-refractivity contribution < 1.29 is 22.7 Å². The largest absolute Gasteiger partial charge is 0.478 e. The van der Waals surface area contributed by atoms with Gasteiger partial charge in [-0.15, -0.1) is 0 Å². The maximum atomic E-state index is 11.2. The summed E-state index contributed by atoms with van der Waals surface area (Å²) in [5.41, 5.74) is -0.0953. The van der Waals surface area contributed by atoms with Crippen LogP contribution in [0.4, 0.5) is 0 Å². The molecule has 6 heteroatoms. The summed E-state index contributed by atoms with van der Waals surface area (Å²) >= 11 is 0. The summed E-state index contributed by atoms with van der Waals surface area (Å²) in [6.45, 7) is 1.50. The molecular weight excluding hydrogens is 208 g/mol. The van der Waals surface area contributed by atoms with Crippen LogP contribution in [0.5, 0.6) is 0 Å². The van der Waals surface area contributed by atoms with Crippen LogP contribution in [0.25, 0.3) is 0 Å². The van der Waals surface area contributed by atoms with E-state index < -0.39 is 15.8 Å². The van der Waals surface area contributed by atoms with Crippen molar-refractivity contribution in [3.8, 4) is 0 Å². The van der Waals surface area contributed by atoms with Crippen molar-refractivity contribution >= 4 is 15.8 Å². The number of carboxylic acids is 1. The summed E-state index contributed by atoms with van der Waals surface area (Å²) in [4.78, 5) is 10.6. The average molecular weight is 218 g/mol. The molecule has 1 N–H and O–H groups in total. The van der Waals surface area contributed by atoms with E-state index >= 15 is 0 Å². The topological polar surface area (TPSA) is 84.6 Å². The molecule has 1 heterocycles. The lowest BCUT2D eigenvalue weighted by Crippen LogP contribution is -2.09. The van der Waals surface area contributed by atoms with Crippen LogP contribution in [0.3, 0.4) is 0 Å². The zero-order chi connectivity index (χ0) is 10.8. The third kappa shape index (κ3) is 2.35. The quantitative estimate of drug-likeness (QED) is 0.812. The van der Waals surface area contributed by atoms with Crippen LogP contribution < -0.4 is 0 Å². The molecule has 0 bridgehead atoms. The predicted molar refractivity (Wildman–Crippen MR) is 48.8 cm³/mol. The Morgan fingerprint density at radius 1 is 1.57 bits per heavy atom. The van der Waals surface area contributed by atoms with Crippen molar-refractivity contribution in [2.45, 2.75) is 12.7 Å². The molecule has 0 unspecified atom stereocenters. The monoisotopic (exact) mass is 218 g/mol. The maximum Gasteiger partial charge on any atom is 0.339 e. The molecule has 0 amide bonds. The van der Waals surface area contributed by atoms with Gasteiger partial charge in [0, 0.05) is 5.75 Å². The lowest BCUT2D eigenvalue weighted by Gasteiger charge is -1.98. The molecule has 1 aromatic heterocycles. The zero-order valence-corrected chi connectivity index (χ0v) is 8.37. The fraction of sp³-hybridized carbons (Fsp3) is 0.375. The predicted octanol–water partition coefficient (Wildman–Crippen LogP) is 0.913. The summed E-state index contributed by atoms with van der Waals surface area (Å²) in [6.07, 6.45) is 1.17. The van der Waals surface area contributed by atoms with Gasteiger partial charge in [-0.2, -0.15) is 0 Å². The van der Waals surface area contributed by atoms with E-state index in [1.165, 1.54) is 19.3 Å². The van der Waals surface area contributed by atoms with Crippen LogP contribution in [-0.2, 0) is 15.6 Å². The molecule has 5 nitrogen and oxygen atoms in total. The first kappa shape index (κ1) is 10.8. The number of carbonyl (C=O) groups is 1. The normalized spacial score (nSPS) is 11.5. The molecule has 0 aliphatic heterocycles. The molecule has 0 aliphatic rings. The van der Waals surface area contributed by atoms with E-state index in [-0.39, 0.29) is 22.8 Å². The van der Waals surface area contributed by atoms with Gasteiger partial charge in [0.1, 0.15) is 17.1 Å². The van der Waals surface area contributed by atoms with E-state index in [1.54, 1.807) is 0 Å². The first-order chi connectivity index (χ1) is 6.46. The van der Waals surface area contributed by atoms with Gasteiger partial charge in [-0.05, 0) is 6.07 Å². The minimum absolute atomic E-state index is 0.0145. The molecule has 0 saturated carbocycles. The molecule has 1 rings (SSSR count). The first-order valence-corrected chi connectivity index (χ1v) is 5.78. The smallest absolute Gasteiger partial charge is 0.339 e. The average Bonchev–Trinajstić information content (AvgIpc) is 2.51. The van der Waals surface area contributed by atoms with Crippen LogP contribution in [0.1, 0.15) is 23.0 Å². The summed E-state index contributed by atoms with van der Waals surface area (Å²) in [5, 5.41) is 8.67. The SMILES string of the molecule is CCS(=O)(=O)Cc1occc1C(=O)O. The number of aromatic carboxylic acids is 1. The number of rotatable bonds is 4. The van der Waals surface area contributed by atoms with Gasteiger partial charge in [0.15, 0.2) is 9.84 Å². The molecular formula is C8H10O5S. The van der Waals surface area contributed by atoms with Gasteiger partial charge in [0.2, 0.25) is 0 Å². The molecule has 1 aromatic rings. The van der Waals surface area contributed by atoms with Crippen molar-refractivity contribution in [3.05, 3.63) is 23.7 Å². The lowest BCUT2D eigenvalue weighted by atomic mass is 10.3. The Bertz CT molecular complexity index is 428. The van der Waals surface area contributed by atoms with Crippen LogP contribution in [0.15, 0.2) is 16.7 Å². The molecule has 0 fully saturated rings. The second-order valence-electron chi connectivity index (χ2n) is 2.74. The van der Waals surface area contributed by atoms with Crippen molar-refractivity contribution in [2.24, 2.45) is 0 Å². The Balaban J connectivity index is 2.98. The second-order valence-corrected chi connectivity index (χ2v) is 5.09. The Morgan fingerprint density at radius 3 is 2.71 bits per heavy atom. The van der Waals surface area contributed by atoms with Crippen molar-refractivity contribution in [2.75, 3.05) is 5.75 Å². The summed E-state index contributed by atoms with van der Waals surface area (Å²) < 4.78 is 27.2. The van der Waals surface area contributed by atoms with Crippen molar-refractivity contribution in [3.63, 3.8) is 0 Å². The third-order valence-electron chi connectivity index (χ3n) is 1.77. The van der Waals surface area contributed by atoms with Crippen LogP contribution >= 0.6 is 0 Å². The van der Waals surface area contributed by atoms with Gasteiger partial charge in [0.25, 0.3) is 0 Å². The fourth-order valence-corrected chi connectivity index (χ4v) is 1.77. The highest BCUT2D eigenvalue weighted by molar-refractivity contribution is 7.90. The molecule has 0 aliphatic carbocycles. The molecule has 0 atom stereocenters. The summed E-state index contributed by atoms with van der Waals surface area (Å²) in [5.74, 6) is -1.59. The van der Waals surface area contributed by atoms with Gasteiger partial charge < -0.3 is 9.52 Å². The highest BCUT2D eigenvalue weighted by atomic mass is 32.2. The van der Waals surface area contributed by atoms with E-state index in [2.05, 4.69) is 0 Å². The number of sulfone groups is 1. The number of furan rings is 1. The molecule has 0 aromatic carbocycles. The maximum absolute atomic E-state index is 11.2. The van der Waals surface area contributed by atoms with E-state index in [1.807, 2.05) is 0 Å². The number of hydrogen-bond donors (Lipinski definition) is 1.